The van der Waals surface area contributed by atoms with Crippen molar-refractivity contribution in [3.8, 4) is 5.75 Å². The van der Waals surface area contributed by atoms with Crippen molar-refractivity contribution < 1.29 is 14.5 Å². The number of carbonyl (C=O) groups excluding carboxylic acids is 1. The smallest absolute Gasteiger partial charge is 0.270 e. The summed E-state index contributed by atoms with van der Waals surface area (Å²) in [6.45, 7) is 0.412. The SMILES string of the molecule is O=C1C(=Cc2ccccc2OCc2ccccc2)SC(=S)N1c1ccc([N+](=O)[O-])cc1. The molecule has 1 aliphatic heterocycles. The second-order valence-electron chi connectivity index (χ2n) is 6.60. The lowest BCUT2D eigenvalue weighted by molar-refractivity contribution is -0.384. The maximum atomic E-state index is 13.0. The molecule has 31 heavy (non-hydrogen) atoms. The van der Waals surface area contributed by atoms with Crippen molar-refractivity contribution in [3.05, 3.63) is 105 Å². The van der Waals surface area contributed by atoms with Crippen LogP contribution in [0, 0.1) is 10.1 Å². The van der Waals surface area contributed by atoms with Crippen LogP contribution in [0.3, 0.4) is 0 Å². The molecule has 0 radical (unpaired) electrons. The Balaban J connectivity index is 1.56. The van der Waals surface area contributed by atoms with E-state index in [1.165, 1.54) is 40.9 Å². The van der Waals surface area contributed by atoms with E-state index in [9.17, 15) is 14.9 Å². The Labute approximate surface area is 188 Å². The second-order valence-corrected chi connectivity index (χ2v) is 8.28. The maximum absolute atomic E-state index is 13.0. The van der Waals surface area contributed by atoms with E-state index in [2.05, 4.69) is 0 Å². The first-order chi connectivity index (χ1) is 15.0. The third kappa shape index (κ3) is 4.65. The Morgan fingerprint density at radius 2 is 1.68 bits per heavy atom. The molecule has 3 aromatic carbocycles. The van der Waals surface area contributed by atoms with Gasteiger partial charge in [0, 0.05) is 17.7 Å². The maximum Gasteiger partial charge on any atom is 0.270 e. The highest BCUT2D eigenvalue weighted by Gasteiger charge is 2.33. The summed E-state index contributed by atoms with van der Waals surface area (Å²) in [5.74, 6) is 0.383. The summed E-state index contributed by atoms with van der Waals surface area (Å²) < 4.78 is 6.34. The van der Waals surface area contributed by atoms with Gasteiger partial charge in [0.05, 0.1) is 15.5 Å². The minimum Gasteiger partial charge on any atom is -0.488 e. The summed E-state index contributed by atoms with van der Waals surface area (Å²) >= 11 is 6.57. The summed E-state index contributed by atoms with van der Waals surface area (Å²) in [6, 6.07) is 23.0. The Hall–Kier alpha value is -3.49. The third-order valence-electron chi connectivity index (χ3n) is 4.56. The van der Waals surface area contributed by atoms with Gasteiger partial charge in [-0.2, -0.15) is 0 Å². The average Bonchev–Trinajstić information content (AvgIpc) is 3.06. The number of benzene rings is 3. The van der Waals surface area contributed by atoms with E-state index in [0.717, 1.165) is 11.1 Å². The number of nitro groups is 1. The number of non-ortho nitro benzene ring substituents is 1. The number of anilines is 1. The van der Waals surface area contributed by atoms with Crippen LogP contribution < -0.4 is 9.64 Å². The normalized spacial score (nSPS) is 14.8. The molecule has 1 amide bonds. The first-order valence-corrected chi connectivity index (χ1v) is 10.5. The molecule has 4 rings (SSSR count). The van der Waals surface area contributed by atoms with Gasteiger partial charge in [0.25, 0.3) is 11.6 Å². The number of thiocarbonyl (C=S) groups is 1. The summed E-state index contributed by atoms with van der Waals surface area (Å²) in [4.78, 5) is 25.2. The van der Waals surface area contributed by atoms with E-state index >= 15 is 0 Å². The molecule has 0 aromatic heterocycles. The molecule has 1 saturated heterocycles. The fourth-order valence-electron chi connectivity index (χ4n) is 3.02. The summed E-state index contributed by atoms with van der Waals surface area (Å²) in [5.41, 5.74) is 2.25. The topological polar surface area (TPSA) is 72.7 Å². The van der Waals surface area contributed by atoms with Gasteiger partial charge in [-0.15, -0.1) is 0 Å². The van der Waals surface area contributed by atoms with Crippen molar-refractivity contribution in [2.75, 3.05) is 4.90 Å². The quantitative estimate of drug-likeness (QED) is 0.212. The van der Waals surface area contributed by atoms with Gasteiger partial charge in [-0.1, -0.05) is 72.5 Å². The average molecular weight is 449 g/mol. The Morgan fingerprint density at radius 1 is 1.00 bits per heavy atom. The van der Waals surface area contributed by atoms with E-state index in [1.807, 2.05) is 54.6 Å². The van der Waals surface area contributed by atoms with Crippen molar-refractivity contribution in [3.63, 3.8) is 0 Å². The highest BCUT2D eigenvalue weighted by Crippen LogP contribution is 2.37. The molecule has 154 valence electrons. The van der Waals surface area contributed by atoms with Gasteiger partial charge in [-0.05, 0) is 29.8 Å². The standard InChI is InChI=1S/C23H16N2O4S2/c26-22-21(31-23(30)24(22)18-10-12-19(13-11-18)25(27)28)14-17-8-4-5-9-20(17)29-15-16-6-2-1-3-7-16/h1-14H,15H2. The predicted octanol–water partition coefficient (Wildman–Crippen LogP) is 5.58. The summed E-state index contributed by atoms with van der Waals surface area (Å²) in [7, 11) is 0. The molecule has 1 heterocycles. The Morgan fingerprint density at radius 3 is 2.39 bits per heavy atom. The highest BCUT2D eigenvalue weighted by molar-refractivity contribution is 8.27. The lowest BCUT2D eigenvalue weighted by Gasteiger charge is -2.14. The van der Waals surface area contributed by atoms with Crippen LogP contribution in [0.2, 0.25) is 0 Å². The molecule has 3 aromatic rings. The first-order valence-electron chi connectivity index (χ1n) is 9.31. The Bertz CT molecular complexity index is 1180. The van der Waals surface area contributed by atoms with Crippen molar-refractivity contribution in [1.82, 2.24) is 0 Å². The van der Waals surface area contributed by atoms with Crippen LogP contribution in [0.15, 0.2) is 83.8 Å². The largest absolute Gasteiger partial charge is 0.488 e. The van der Waals surface area contributed by atoms with E-state index in [0.29, 0.717) is 27.3 Å². The zero-order valence-electron chi connectivity index (χ0n) is 16.1. The van der Waals surface area contributed by atoms with Gasteiger partial charge in [0.15, 0.2) is 4.32 Å². The van der Waals surface area contributed by atoms with Crippen molar-refractivity contribution in [2.24, 2.45) is 0 Å². The molecular formula is C23H16N2O4S2. The number of hydrogen-bond donors (Lipinski definition) is 0. The number of nitro benzene ring substituents is 1. The van der Waals surface area contributed by atoms with Crippen LogP contribution >= 0.6 is 24.0 Å². The zero-order valence-corrected chi connectivity index (χ0v) is 17.8. The lowest BCUT2D eigenvalue weighted by atomic mass is 10.1. The minimum atomic E-state index is -0.486. The summed E-state index contributed by atoms with van der Waals surface area (Å²) in [6.07, 6.45) is 1.75. The molecule has 1 fully saturated rings. The molecule has 0 unspecified atom stereocenters. The van der Waals surface area contributed by atoms with Crippen LogP contribution in [-0.2, 0) is 11.4 Å². The molecule has 1 aliphatic rings. The zero-order chi connectivity index (χ0) is 21.8. The number of nitrogens with zero attached hydrogens (tertiary/aromatic N) is 2. The van der Waals surface area contributed by atoms with Crippen LogP contribution in [0.5, 0.6) is 5.75 Å². The molecule has 0 saturated carbocycles. The van der Waals surface area contributed by atoms with E-state index in [1.54, 1.807) is 6.08 Å². The molecular weight excluding hydrogens is 432 g/mol. The van der Waals surface area contributed by atoms with Crippen molar-refractivity contribution >= 4 is 51.7 Å². The number of hydrogen-bond acceptors (Lipinski definition) is 6. The first kappa shape index (κ1) is 20.8. The molecule has 0 spiro atoms. The van der Waals surface area contributed by atoms with Crippen LogP contribution in [0.1, 0.15) is 11.1 Å². The van der Waals surface area contributed by atoms with Gasteiger partial charge in [0.1, 0.15) is 12.4 Å². The van der Waals surface area contributed by atoms with Gasteiger partial charge in [-0.3, -0.25) is 19.8 Å². The van der Waals surface area contributed by atoms with E-state index in [-0.39, 0.29) is 11.6 Å². The van der Waals surface area contributed by atoms with E-state index in [4.69, 9.17) is 17.0 Å². The lowest BCUT2D eigenvalue weighted by Crippen LogP contribution is -2.27. The number of ether oxygens (including phenoxy) is 1. The molecule has 6 nitrogen and oxygen atoms in total. The predicted molar refractivity (Wildman–Crippen MR) is 126 cm³/mol. The molecule has 8 heteroatoms. The number of para-hydroxylation sites is 1. The number of carbonyl (C=O) groups is 1. The van der Waals surface area contributed by atoms with Crippen LogP contribution in [0.4, 0.5) is 11.4 Å². The van der Waals surface area contributed by atoms with Gasteiger partial charge in [0.2, 0.25) is 0 Å². The minimum absolute atomic E-state index is 0.0470. The second kappa shape index (κ2) is 9.11. The monoisotopic (exact) mass is 448 g/mol. The van der Waals surface area contributed by atoms with Gasteiger partial charge < -0.3 is 4.74 Å². The number of rotatable bonds is 6. The fourth-order valence-corrected chi connectivity index (χ4v) is 4.31. The number of amides is 1. The third-order valence-corrected chi connectivity index (χ3v) is 5.86. The van der Waals surface area contributed by atoms with Gasteiger partial charge in [-0.25, -0.2) is 0 Å². The van der Waals surface area contributed by atoms with Crippen molar-refractivity contribution in [2.45, 2.75) is 6.61 Å². The molecule has 0 aliphatic carbocycles. The summed E-state index contributed by atoms with van der Waals surface area (Å²) in [5, 5.41) is 10.9. The van der Waals surface area contributed by atoms with E-state index < -0.39 is 4.92 Å². The molecule has 0 atom stereocenters. The number of thioether (sulfide) groups is 1. The van der Waals surface area contributed by atoms with Crippen LogP contribution in [-0.4, -0.2) is 15.2 Å². The highest BCUT2D eigenvalue weighted by atomic mass is 32.2. The Kier molecular flexibility index (Phi) is 6.11. The van der Waals surface area contributed by atoms with Crippen LogP contribution in [0.25, 0.3) is 6.08 Å². The molecule has 0 bridgehead atoms. The van der Waals surface area contributed by atoms with Crippen molar-refractivity contribution in [1.29, 1.82) is 0 Å². The fraction of sp³-hybridized carbons (Fsp3) is 0.0435. The van der Waals surface area contributed by atoms with Gasteiger partial charge >= 0.3 is 0 Å². The molecule has 0 N–H and O–H groups in total.